The minimum absolute atomic E-state index is 0.303. The number of fused-ring (bicyclic) bond motifs is 1. The summed E-state index contributed by atoms with van der Waals surface area (Å²) in [6.45, 7) is 0. The highest BCUT2D eigenvalue weighted by Gasteiger charge is 2.27. The number of carbonyl (C=O) groups excluding carboxylic acids is 2. The molecule has 0 aliphatic rings. The number of hydrogen-bond donors (Lipinski definition) is 1. The van der Waals surface area contributed by atoms with E-state index in [4.69, 9.17) is 11.0 Å². The van der Waals surface area contributed by atoms with Crippen molar-refractivity contribution in [2.45, 2.75) is 5.92 Å². The Morgan fingerprint density at radius 2 is 2.12 bits per heavy atom. The molecule has 1 aromatic carbocycles. The van der Waals surface area contributed by atoms with Crippen LogP contribution in [0.2, 0.25) is 0 Å². The Labute approximate surface area is 100 Å². The molecule has 84 valence electrons. The van der Waals surface area contributed by atoms with Gasteiger partial charge in [0.25, 0.3) is 5.91 Å². The lowest BCUT2D eigenvalue weighted by Crippen LogP contribution is -2.28. The lowest BCUT2D eigenvalue weighted by molar-refractivity contribution is -0.136. The summed E-state index contributed by atoms with van der Waals surface area (Å²) in [5.74, 6) is -3.24. The van der Waals surface area contributed by atoms with Crippen LogP contribution in [0.25, 0.3) is 10.2 Å². The third-order valence-corrected chi connectivity index (χ3v) is 3.29. The summed E-state index contributed by atoms with van der Waals surface area (Å²) in [6.07, 6.45) is 0. The van der Waals surface area contributed by atoms with E-state index in [2.05, 4.69) is 4.98 Å². The highest BCUT2D eigenvalue weighted by Crippen LogP contribution is 2.27. The second kappa shape index (κ2) is 4.31. The lowest BCUT2D eigenvalue weighted by atomic mass is 10.1. The van der Waals surface area contributed by atoms with Gasteiger partial charge in [0, 0.05) is 0 Å². The van der Waals surface area contributed by atoms with Crippen LogP contribution < -0.4 is 5.73 Å². The molecule has 1 heterocycles. The first kappa shape index (κ1) is 11.2. The number of thiazole rings is 1. The van der Waals surface area contributed by atoms with Gasteiger partial charge in [0.15, 0.2) is 5.92 Å². The minimum Gasteiger partial charge on any atom is -0.363 e. The van der Waals surface area contributed by atoms with E-state index in [1.54, 1.807) is 12.1 Å². The van der Waals surface area contributed by atoms with Crippen LogP contribution in [0.1, 0.15) is 10.9 Å². The first-order valence-electron chi connectivity index (χ1n) is 4.72. The van der Waals surface area contributed by atoms with E-state index in [0.717, 1.165) is 4.70 Å². The Balaban J connectivity index is 2.48. The van der Waals surface area contributed by atoms with Gasteiger partial charge in [-0.25, -0.2) is 4.98 Å². The number of amides is 1. The molecule has 0 saturated carbocycles. The zero-order valence-electron chi connectivity index (χ0n) is 8.58. The van der Waals surface area contributed by atoms with Gasteiger partial charge >= 0.3 is 0 Å². The van der Waals surface area contributed by atoms with E-state index in [1.807, 2.05) is 18.2 Å². The number of benzene rings is 1. The second-order valence-corrected chi connectivity index (χ2v) is 4.37. The molecule has 1 aromatic heterocycles. The molecule has 5 nitrogen and oxygen atoms in total. The average Bonchev–Trinajstić information content (AvgIpc) is 2.72. The molecule has 2 N–H and O–H groups in total. The standard InChI is InChI=1S/C11H7N3O2S/c12-5-6(9(15)10(13)16)11-14-7-3-1-2-4-8(7)17-11/h1-4,6H,(H2,13,16)/t6-/m0/s1. The first-order chi connectivity index (χ1) is 8.13. The van der Waals surface area contributed by atoms with Crippen LogP contribution in [-0.2, 0) is 9.59 Å². The van der Waals surface area contributed by atoms with Gasteiger partial charge in [0.1, 0.15) is 5.01 Å². The van der Waals surface area contributed by atoms with Crippen molar-refractivity contribution in [2.75, 3.05) is 0 Å². The molecule has 0 fully saturated rings. The zero-order chi connectivity index (χ0) is 12.4. The van der Waals surface area contributed by atoms with Crippen LogP contribution in [0.3, 0.4) is 0 Å². The van der Waals surface area contributed by atoms with E-state index in [0.29, 0.717) is 10.5 Å². The Bertz CT molecular complexity index is 608. The predicted molar refractivity (Wildman–Crippen MR) is 62.2 cm³/mol. The topological polar surface area (TPSA) is 96.8 Å². The second-order valence-electron chi connectivity index (χ2n) is 3.31. The van der Waals surface area contributed by atoms with E-state index < -0.39 is 17.6 Å². The van der Waals surface area contributed by atoms with Gasteiger partial charge in [0.2, 0.25) is 5.78 Å². The molecule has 0 aliphatic carbocycles. The Morgan fingerprint density at radius 3 is 2.71 bits per heavy atom. The summed E-state index contributed by atoms with van der Waals surface area (Å²) >= 11 is 1.21. The van der Waals surface area contributed by atoms with Crippen LogP contribution in [0.5, 0.6) is 0 Å². The van der Waals surface area contributed by atoms with Gasteiger partial charge in [-0.05, 0) is 12.1 Å². The van der Waals surface area contributed by atoms with E-state index >= 15 is 0 Å². The smallest absolute Gasteiger partial charge is 0.286 e. The Hall–Kier alpha value is -2.26. The first-order valence-corrected chi connectivity index (χ1v) is 5.54. The molecular weight excluding hydrogens is 238 g/mol. The molecule has 0 aliphatic heterocycles. The molecule has 0 unspecified atom stereocenters. The van der Waals surface area contributed by atoms with Crippen molar-refractivity contribution >= 4 is 33.2 Å². The summed E-state index contributed by atoms with van der Waals surface area (Å²) in [7, 11) is 0. The monoisotopic (exact) mass is 245 g/mol. The number of Topliss-reactive ketones (excluding diaryl/α,β-unsaturated/α-hetero) is 1. The molecule has 17 heavy (non-hydrogen) atoms. The number of aromatic nitrogens is 1. The molecular formula is C11H7N3O2S. The third kappa shape index (κ3) is 2.00. The fourth-order valence-electron chi connectivity index (χ4n) is 1.38. The molecule has 2 aromatic rings. The van der Waals surface area contributed by atoms with Gasteiger partial charge in [-0.3, -0.25) is 9.59 Å². The maximum absolute atomic E-state index is 11.4. The molecule has 1 amide bonds. The number of nitrogens with zero attached hydrogens (tertiary/aromatic N) is 2. The third-order valence-electron chi connectivity index (χ3n) is 2.19. The van der Waals surface area contributed by atoms with Crippen molar-refractivity contribution in [2.24, 2.45) is 5.73 Å². The number of rotatable bonds is 3. The van der Waals surface area contributed by atoms with Gasteiger partial charge in [-0.2, -0.15) is 5.26 Å². The Kier molecular flexibility index (Phi) is 2.85. The summed E-state index contributed by atoms with van der Waals surface area (Å²) < 4.78 is 0.861. The molecule has 6 heteroatoms. The fraction of sp³-hybridized carbons (Fsp3) is 0.0909. The summed E-state index contributed by atoms with van der Waals surface area (Å²) in [4.78, 5) is 26.4. The zero-order valence-corrected chi connectivity index (χ0v) is 9.40. The van der Waals surface area contributed by atoms with Crippen molar-refractivity contribution < 1.29 is 9.59 Å². The van der Waals surface area contributed by atoms with Crippen LogP contribution >= 0.6 is 11.3 Å². The number of hydrogen-bond acceptors (Lipinski definition) is 5. The van der Waals surface area contributed by atoms with Crippen molar-refractivity contribution in [3.05, 3.63) is 29.3 Å². The SMILES string of the molecule is N#C[C@@H](C(=O)C(N)=O)c1nc2ccccc2s1. The van der Waals surface area contributed by atoms with Gasteiger partial charge in [-0.15, -0.1) is 11.3 Å². The van der Waals surface area contributed by atoms with Crippen molar-refractivity contribution in [3.8, 4) is 6.07 Å². The number of nitrogens with two attached hydrogens (primary N) is 1. The predicted octanol–water partition coefficient (Wildman–Crippen LogP) is 0.958. The van der Waals surface area contributed by atoms with Gasteiger partial charge in [-0.1, -0.05) is 12.1 Å². The Morgan fingerprint density at radius 1 is 1.41 bits per heavy atom. The number of para-hydroxylation sites is 1. The quantitative estimate of drug-likeness (QED) is 0.814. The maximum Gasteiger partial charge on any atom is 0.286 e. The number of nitriles is 1. The molecule has 0 spiro atoms. The molecule has 0 saturated heterocycles. The van der Waals surface area contributed by atoms with Gasteiger partial charge in [0.05, 0.1) is 16.3 Å². The molecule has 0 radical (unpaired) electrons. The van der Waals surface area contributed by atoms with E-state index in [1.165, 1.54) is 11.3 Å². The van der Waals surface area contributed by atoms with Crippen LogP contribution in [0, 0.1) is 11.3 Å². The number of ketones is 1. The normalized spacial score (nSPS) is 11.9. The highest BCUT2D eigenvalue weighted by atomic mass is 32.1. The number of primary amides is 1. The van der Waals surface area contributed by atoms with Crippen molar-refractivity contribution in [3.63, 3.8) is 0 Å². The summed E-state index contributed by atoms with van der Waals surface area (Å²) in [5.41, 5.74) is 5.58. The fourth-order valence-corrected chi connectivity index (χ4v) is 2.39. The van der Waals surface area contributed by atoms with Crippen LogP contribution in [0.15, 0.2) is 24.3 Å². The van der Waals surface area contributed by atoms with E-state index in [-0.39, 0.29) is 0 Å². The molecule has 1 atom stereocenters. The van der Waals surface area contributed by atoms with Crippen molar-refractivity contribution in [1.82, 2.24) is 4.98 Å². The van der Waals surface area contributed by atoms with Crippen LogP contribution in [0.4, 0.5) is 0 Å². The lowest BCUT2D eigenvalue weighted by Gasteiger charge is -1.99. The largest absolute Gasteiger partial charge is 0.363 e. The number of carbonyl (C=O) groups is 2. The van der Waals surface area contributed by atoms with Crippen LogP contribution in [-0.4, -0.2) is 16.7 Å². The van der Waals surface area contributed by atoms with E-state index in [9.17, 15) is 9.59 Å². The van der Waals surface area contributed by atoms with Gasteiger partial charge < -0.3 is 5.73 Å². The average molecular weight is 245 g/mol. The summed E-state index contributed by atoms with van der Waals surface area (Å²) in [6, 6.07) is 9.01. The maximum atomic E-state index is 11.4. The summed E-state index contributed by atoms with van der Waals surface area (Å²) in [5, 5.41) is 9.22. The highest BCUT2D eigenvalue weighted by molar-refractivity contribution is 7.18. The molecule has 0 bridgehead atoms. The molecule has 2 rings (SSSR count). The van der Waals surface area contributed by atoms with Crippen molar-refractivity contribution in [1.29, 1.82) is 5.26 Å². The minimum atomic E-state index is -1.20.